The number of hydrogen-bond donors (Lipinski definition) is 1. The molecule has 1 aromatic heterocycles. The van der Waals surface area contributed by atoms with E-state index in [-0.39, 0.29) is 0 Å². The van der Waals surface area contributed by atoms with Gasteiger partial charge in [0, 0.05) is 6.04 Å². The highest BCUT2D eigenvalue weighted by Crippen LogP contribution is 2.07. The predicted molar refractivity (Wildman–Crippen MR) is 52.6 cm³/mol. The van der Waals surface area contributed by atoms with Crippen LogP contribution in [0.4, 0.5) is 0 Å². The Labute approximate surface area is 79.5 Å². The third kappa shape index (κ3) is 2.84. The van der Waals surface area contributed by atoms with Gasteiger partial charge in [-0.05, 0) is 27.2 Å². The van der Waals surface area contributed by atoms with E-state index in [1.165, 1.54) is 0 Å². The molecule has 1 N–H and O–H groups in total. The summed E-state index contributed by atoms with van der Waals surface area (Å²) >= 11 is 0. The molecule has 0 amide bonds. The number of nitrogens with zero attached hydrogens (tertiary/aromatic N) is 1. The quantitative estimate of drug-likeness (QED) is 0.775. The van der Waals surface area contributed by atoms with Crippen molar-refractivity contribution in [1.29, 1.82) is 0 Å². The Balaban J connectivity index is 2.45. The molecule has 0 aliphatic heterocycles. The van der Waals surface area contributed by atoms with Crippen molar-refractivity contribution in [1.82, 2.24) is 10.3 Å². The van der Waals surface area contributed by atoms with Crippen molar-refractivity contribution in [3.05, 3.63) is 17.3 Å². The lowest BCUT2D eigenvalue weighted by Gasteiger charge is -2.08. The highest BCUT2D eigenvalue weighted by Gasteiger charge is 2.05. The van der Waals surface area contributed by atoms with Gasteiger partial charge in [0.1, 0.15) is 5.76 Å². The second-order valence-corrected chi connectivity index (χ2v) is 3.44. The van der Waals surface area contributed by atoms with Gasteiger partial charge in [0.15, 0.2) is 0 Å². The maximum absolute atomic E-state index is 5.44. The average molecular weight is 182 g/mol. The fourth-order valence-corrected chi connectivity index (χ4v) is 1.02. The maximum Gasteiger partial charge on any atom is 0.208 e. The van der Waals surface area contributed by atoms with Crippen molar-refractivity contribution >= 4 is 0 Å². The SMILES string of the molecule is CCC(C)NCc1nc(C)c(C)o1. The molecule has 0 spiro atoms. The molecule has 0 aliphatic rings. The first-order valence-electron chi connectivity index (χ1n) is 4.79. The highest BCUT2D eigenvalue weighted by atomic mass is 16.4. The van der Waals surface area contributed by atoms with Crippen LogP contribution < -0.4 is 5.32 Å². The molecule has 0 saturated heterocycles. The van der Waals surface area contributed by atoms with Gasteiger partial charge in [-0.1, -0.05) is 6.92 Å². The Morgan fingerprint density at radius 1 is 1.46 bits per heavy atom. The first kappa shape index (κ1) is 10.3. The largest absolute Gasteiger partial charge is 0.444 e. The Morgan fingerprint density at radius 3 is 2.62 bits per heavy atom. The Bertz CT molecular complexity index is 248. The van der Waals surface area contributed by atoms with E-state index in [0.29, 0.717) is 6.04 Å². The monoisotopic (exact) mass is 182 g/mol. The van der Waals surface area contributed by atoms with E-state index >= 15 is 0 Å². The third-order valence-corrected chi connectivity index (χ3v) is 2.29. The van der Waals surface area contributed by atoms with Gasteiger partial charge in [-0.3, -0.25) is 0 Å². The molecule has 3 nitrogen and oxygen atoms in total. The van der Waals surface area contributed by atoms with Crippen LogP contribution in [-0.2, 0) is 6.54 Å². The van der Waals surface area contributed by atoms with Gasteiger partial charge in [-0.15, -0.1) is 0 Å². The Kier molecular flexibility index (Phi) is 3.48. The van der Waals surface area contributed by atoms with E-state index in [0.717, 1.165) is 30.3 Å². The van der Waals surface area contributed by atoms with Gasteiger partial charge >= 0.3 is 0 Å². The molecule has 1 aromatic rings. The number of oxazole rings is 1. The van der Waals surface area contributed by atoms with Crippen LogP contribution in [-0.4, -0.2) is 11.0 Å². The molecule has 0 aliphatic carbocycles. The molecule has 74 valence electrons. The van der Waals surface area contributed by atoms with Gasteiger partial charge in [0.2, 0.25) is 5.89 Å². The molecular weight excluding hydrogens is 164 g/mol. The number of rotatable bonds is 4. The predicted octanol–water partition coefficient (Wildman–Crippen LogP) is 2.18. The fourth-order valence-electron chi connectivity index (χ4n) is 1.02. The van der Waals surface area contributed by atoms with Crippen molar-refractivity contribution in [2.45, 2.75) is 46.7 Å². The van der Waals surface area contributed by atoms with E-state index in [1.807, 2.05) is 13.8 Å². The van der Waals surface area contributed by atoms with Gasteiger partial charge in [0.05, 0.1) is 12.2 Å². The molecule has 0 bridgehead atoms. The van der Waals surface area contributed by atoms with Crippen molar-refractivity contribution < 1.29 is 4.42 Å². The molecule has 0 fully saturated rings. The van der Waals surface area contributed by atoms with Crippen LogP contribution in [0.1, 0.15) is 37.6 Å². The highest BCUT2D eigenvalue weighted by molar-refractivity contribution is 5.05. The summed E-state index contributed by atoms with van der Waals surface area (Å²) in [4.78, 5) is 4.29. The van der Waals surface area contributed by atoms with Crippen LogP contribution in [0.3, 0.4) is 0 Å². The normalized spacial score (nSPS) is 13.2. The van der Waals surface area contributed by atoms with Crippen LogP contribution in [0.25, 0.3) is 0 Å². The fraction of sp³-hybridized carbons (Fsp3) is 0.700. The van der Waals surface area contributed by atoms with E-state index in [4.69, 9.17) is 4.42 Å². The van der Waals surface area contributed by atoms with Crippen LogP contribution in [0, 0.1) is 13.8 Å². The Hall–Kier alpha value is -0.830. The number of nitrogens with one attached hydrogen (secondary N) is 1. The van der Waals surface area contributed by atoms with Crippen molar-refractivity contribution in [3.63, 3.8) is 0 Å². The zero-order valence-electron chi connectivity index (χ0n) is 8.85. The standard InChI is InChI=1S/C10H18N2O/c1-5-7(2)11-6-10-12-8(3)9(4)13-10/h7,11H,5-6H2,1-4H3. The lowest BCUT2D eigenvalue weighted by molar-refractivity contribution is 0.425. The summed E-state index contributed by atoms with van der Waals surface area (Å²) in [5, 5.41) is 3.33. The smallest absolute Gasteiger partial charge is 0.208 e. The lowest BCUT2D eigenvalue weighted by atomic mass is 10.3. The van der Waals surface area contributed by atoms with E-state index < -0.39 is 0 Å². The van der Waals surface area contributed by atoms with Crippen LogP contribution in [0.15, 0.2) is 4.42 Å². The molecule has 13 heavy (non-hydrogen) atoms. The van der Waals surface area contributed by atoms with Crippen molar-refractivity contribution in [2.75, 3.05) is 0 Å². The molecule has 0 radical (unpaired) electrons. The summed E-state index contributed by atoms with van der Waals surface area (Å²) in [6, 6.07) is 0.521. The van der Waals surface area contributed by atoms with Crippen LogP contribution in [0.2, 0.25) is 0 Å². The van der Waals surface area contributed by atoms with Crippen LogP contribution in [0.5, 0.6) is 0 Å². The minimum Gasteiger partial charge on any atom is -0.444 e. The maximum atomic E-state index is 5.44. The molecule has 0 aromatic carbocycles. The first-order chi connectivity index (χ1) is 6.13. The number of aryl methyl sites for hydroxylation is 2. The number of aromatic nitrogens is 1. The summed E-state index contributed by atoms with van der Waals surface area (Å²) in [7, 11) is 0. The van der Waals surface area contributed by atoms with Crippen molar-refractivity contribution in [2.24, 2.45) is 0 Å². The second-order valence-electron chi connectivity index (χ2n) is 3.44. The molecule has 1 rings (SSSR count). The first-order valence-corrected chi connectivity index (χ1v) is 4.79. The molecule has 0 saturated carbocycles. The minimum atomic E-state index is 0.521. The average Bonchev–Trinajstić information content (AvgIpc) is 2.42. The summed E-state index contributed by atoms with van der Waals surface area (Å²) < 4.78 is 5.44. The zero-order valence-corrected chi connectivity index (χ0v) is 8.85. The second kappa shape index (κ2) is 4.42. The number of hydrogen-bond acceptors (Lipinski definition) is 3. The summed E-state index contributed by atoms with van der Waals surface area (Å²) in [6.45, 7) is 8.94. The van der Waals surface area contributed by atoms with Gasteiger partial charge < -0.3 is 9.73 Å². The van der Waals surface area contributed by atoms with E-state index in [2.05, 4.69) is 24.1 Å². The molecule has 1 atom stereocenters. The lowest BCUT2D eigenvalue weighted by Crippen LogP contribution is -2.24. The Morgan fingerprint density at radius 2 is 2.15 bits per heavy atom. The molecule has 1 unspecified atom stereocenters. The summed E-state index contributed by atoms with van der Waals surface area (Å²) in [5.41, 5.74) is 0.987. The van der Waals surface area contributed by atoms with Gasteiger partial charge in [-0.2, -0.15) is 0 Å². The third-order valence-electron chi connectivity index (χ3n) is 2.29. The summed E-state index contributed by atoms with van der Waals surface area (Å²) in [6.07, 6.45) is 1.12. The van der Waals surface area contributed by atoms with Gasteiger partial charge in [-0.25, -0.2) is 4.98 Å². The van der Waals surface area contributed by atoms with E-state index in [9.17, 15) is 0 Å². The minimum absolute atomic E-state index is 0.521. The summed E-state index contributed by atoms with van der Waals surface area (Å²) in [5.74, 6) is 1.70. The van der Waals surface area contributed by atoms with Crippen molar-refractivity contribution in [3.8, 4) is 0 Å². The van der Waals surface area contributed by atoms with Crippen LogP contribution >= 0.6 is 0 Å². The molecule has 1 heterocycles. The molecule has 3 heteroatoms. The zero-order chi connectivity index (χ0) is 9.84. The molecular formula is C10H18N2O. The topological polar surface area (TPSA) is 38.1 Å². The van der Waals surface area contributed by atoms with E-state index in [1.54, 1.807) is 0 Å². The van der Waals surface area contributed by atoms with Gasteiger partial charge in [0.25, 0.3) is 0 Å².